The molecule has 0 bridgehead atoms. The van der Waals surface area contributed by atoms with Crippen molar-refractivity contribution in [2.24, 2.45) is 10.9 Å². The lowest BCUT2D eigenvalue weighted by Crippen LogP contribution is -2.46. The van der Waals surface area contributed by atoms with Crippen molar-refractivity contribution in [3.63, 3.8) is 0 Å². The number of nitrogens with one attached hydrogen (secondary N) is 1. The Balaban J connectivity index is 1.84. The molecule has 112 valence electrons. The molecule has 5 heteroatoms. The average Bonchev–Trinajstić information content (AvgIpc) is 2.89. The minimum absolute atomic E-state index is 0.0413. The lowest BCUT2D eigenvalue weighted by molar-refractivity contribution is -0.138. The second-order valence-corrected chi connectivity index (χ2v) is 6.14. The van der Waals surface area contributed by atoms with Gasteiger partial charge in [0.1, 0.15) is 6.17 Å². The van der Waals surface area contributed by atoms with Crippen molar-refractivity contribution in [3.05, 3.63) is 22.3 Å². The van der Waals surface area contributed by atoms with Crippen LogP contribution in [0.5, 0.6) is 0 Å². The van der Waals surface area contributed by atoms with Crippen LogP contribution in [0.2, 0.25) is 0 Å². The van der Waals surface area contributed by atoms with Gasteiger partial charge in [0.05, 0.1) is 18.5 Å². The Kier molecular flexibility index (Phi) is 3.10. The van der Waals surface area contributed by atoms with Crippen molar-refractivity contribution in [2.75, 3.05) is 26.2 Å². The molecular weight excluding hydrogens is 266 g/mol. The number of ether oxygens (including phenoxy) is 1. The summed E-state index contributed by atoms with van der Waals surface area (Å²) in [6.45, 7) is 4.78. The van der Waals surface area contributed by atoms with E-state index in [-0.39, 0.29) is 12.1 Å². The van der Waals surface area contributed by atoms with Crippen molar-refractivity contribution in [1.82, 2.24) is 10.2 Å². The van der Waals surface area contributed by atoms with E-state index in [1.165, 1.54) is 24.8 Å². The number of hydrogen-bond acceptors (Lipinski definition) is 5. The van der Waals surface area contributed by atoms with Crippen molar-refractivity contribution >= 4 is 12.3 Å². The van der Waals surface area contributed by atoms with Gasteiger partial charge in [-0.3, -0.25) is 0 Å². The number of carbonyl (C=O) groups excluding carboxylic acids is 1. The second-order valence-electron chi connectivity index (χ2n) is 6.14. The Labute approximate surface area is 124 Å². The van der Waals surface area contributed by atoms with Crippen molar-refractivity contribution in [2.45, 2.75) is 32.4 Å². The number of hydrogen-bond donors (Lipinski definition) is 1. The Morgan fingerprint density at radius 1 is 1.52 bits per heavy atom. The lowest BCUT2D eigenvalue weighted by atomic mass is 9.88. The Morgan fingerprint density at radius 3 is 3.19 bits per heavy atom. The van der Waals surface area contributed by atoms with Crippen LogP contribution in [0.4, 0.5) is 0 Å². The summed E-state index contributed by atoms with van der Waals surface area (Å²) in [5.74, 6) is 0.450. The molecule has 0 saturated heterocycles. The quantitative estimate of drug-likeness (QED) is 0.776. The standard InChI is InChI=1S/C16H21N3O2/c1-2-21-16(20)13-7-17-6-12-11-5-3-4-10(11)8-19-9-18-15(19)14(12)13/h9-10,15,17H,2-8H2,1H3. The lowest BCUT2D eigenvalue weighted by Gasteiger charge is -2.37. The minimum atomic E-state index is -0.184. The number of aliphatic imine (C=N–C) groups is 1. The van der Waals surface area contributed by atoms with Crippen LogP contribution >= 0.6 is 0 Å². The highest BCUT2D eigenvalue weighted by molar-refractivity contribution is 5.92. The van der Waals surface area contributed by atoms with Gasteiger partial charge in [-0.1, -0.05) is 5.57 Å². The van der Waals surface area contributed by atoms with Gasteiger partial charge in [-0.2, -0.15) is 0 Å². The van der Waals surface area contributed by atoms with Gasteiger partial charge in [-0.25, -0.2) is 9.79 Å². The molecule has 1 N–H and O–H groups in total. The first-order chi connectivity index (χ1) is 10.3. The maximum Gasteiger partial charge on any atom is 0.335 e. The van der Waals surface area contributed by atoms with Crippen LogP contribution in [0.15, 0.2) is 27.3 Å². The van der Waals surface area contributed by atoms with E-state index < -0.39 is 0 Å². The molecule has 3 aliphatic heterocycles. The van der Waals surface area contributed by atoms with Gasteiger partial charge in [0.25, 0.3) is 0 Å². The van der Waals surface area contributed by atoms with E-state index >= 15 is 0 Å². The summed E-state index contributed by atoms with van der Waals surface area (Å²) in [7, 11) is 0. The number of rotatable bonds is 2. The van der Waals surface area contributed by atoms with Crippen molar-refractivity contribution in [3.8, 4) is 0 Å². The first-order valence-corrected chi connectivity index (χ1v) is 7.91. The summed E-state index contributed by atoms with van der Waals surface area (Å²) in [4.78, 5) is 19.1. The van der Waals surface area contributed by atoms with Crippen LogP contribution < -0.4 is 5.32 Å². The first kappa shape index (κ1) is 13.1. The van der Waals surface area contributed by atoms with E-state index in [9.17, 15) is 4.79 Å². The summed E-state index contributed by atoms with van der Waals surface area (Å²) in [6.07, 6.45) is 5.67. The molecular formula is C16H21N3O2. The van der Waals surface area contributed by atoms with E-state index in [1.54, 1.807) is 5.57 Å². The first-order valence-electron chi connectivity index (χ1n) is 7.91. The molecule has 0 aromatic heterocycles. The SMILES string of the molecule is CCOC(=O)C1=C2C(=C3CCCC3CN3C=NC23)CNC1. The van der Waals surface area contributed by atoms with Gasteiger partial charge in [-0.15, -0.1) is 0 Å². The highest BCUT2D eigenvalue weighted by atomic mass is 16.5. The van der Waals surface area contributed by atoms with Gasteiger partial charge in [0, 0.05) is 25.2 Å². The molecule has 1 aliphatic carbocycles. The summed E-state index contributed by atoms with van der Waals surface area (Å²) in [6, 6.07) is 0. The number of carbonyl (C=O) groups is 1. The zero-order valence-electron chi connectivity index (χ0n) is 12.4. The molecule has 4 rings (SSSR count). The maximum absolute atomic E-state index is 12.3. The van der Waals surface area contributed by atoms with Crippen molar-refractivity contribution < 1.29 is 9.53 Å². The Bertz CT molecular complexity index is 576. The van der Waals surface area contributed by atoms with E-state index in [0.29, 0.717) is 19.1 Å². The third-order valence-electron chi connectivity index (χ3n) is 5.01. The predicted molar refractivity (Wildman–Crippen MR) is 79.9 cm³/mol. The summed E-state index contributed by atoms with van der Waals surface area (Å²) < 4.78 is 5.26. The van der Waals surface area contributed by atoms with Gasteiger partial charge in [0.2, 0.25) is 0 Å². The summed E-state index contributed by atoms with van der Waals surface area (Å²) >= 11 is 0. The summed E-state index contributed by atoms with van der Waals surface area (Å²) in [5, 5.41) is 3.39. The third kappa shape index (κ3) is 1.94. The Hall–Kier alpha value is -1.62. The third-order valence-corrected chi connectivity index (χ3v) is 5.01. The van der Waals surface area contributed by atoms with E-state index in [0.717, 1.165) is 24.2 Å². The molecule has 5 nitrogen and oxygen atoms in total. The topological polar surface area (TPSA) is 53.9 Å². The molecule has 2 unspecified atom stereocenters. The predicted octanol–water partition coefficient (Wildman–Crippen LogP) is 1.23. The van der Waals surface area contributed by atoms with Gasteiger partial charge < -0.3 is 15.0 Å². The second kappa shape index (κ2) is 4.98. The fraction of sp³-hybridized carbons (Fsp3) is 0.625. The number of nitrogens with zero attached hydrogens (tertiary/aromatic N) is 2. The number of fused-ring (bicyclic) bond motifs is 4. The van der Waals surface area contributed by atoms with Gasteiger partial charge >= 0.3 is 5.97 Å². The molecule has 21 heavy (non-hydrogen) atoms. The smallest absolute Gasteiger partial charge is 0.335 e. The number of esters is 1. The molecule has 4 aliphatic rings. The van der Waals surface area contributed by atoms with Crippen molar-refractivity contribution in [1.29, 1.82) is 0 Å². The Morgan fingerprint density at radius 2 is 2.43 bits per heavy atom. The fourth-order valence-electron chi connectivity index (χ4n) is 4.07. The van der Waals surface area contributed by atoms with E-state index in [2.05, 4.69) is 15.2 Å². The molecule has 1 saturated carbocycles. The molecule has 0 radical (unpaired) electrons. The largest absolute Gasteiger partial charge is 0.463 e. The molecule has 0 aromatic carbocycles. The van der Waals surface area contributed by atoms with Gasteiger partial charge in [-0.05, 0) is 37.7 Å². The van der Waals surface area contributed by atoms with E-state index in [1.807, 2.05) is 13.3 Å². The monoisotopic (exact) mass is 287 g/mol. The van der Waals surface area contributed by atoms with Crippen LogP contribution in [0.25, 0.3) is 0 Å². The molecule has 0 amide bonds. The summed E-state index contributed by atoms with van der Waals surface area (Å²) in [5.41, 5.74) is 4.81. The molecule has 0 spiro atoms. The minimum Gasteiger partial charge on any atom is -0.463 e. The van der Waals surface area contributed by atoms with Crippen LogP contribution in [-0.2, 0) is 9.53 Å². The maximum atomic E-state index is 12.3. The van der Waals surface area contributed by atoms with Crippen LogP contribution in [0, 0.1) is 5.92 Å². The highest BCUT2D eigenvalue weighted by Gasteiger charge is 2.41. The normalized spacial score (nSPS) is 30.4. The fourth-order valence-corrected chi connectivity index (χ4v) is 4.07. The zero-order valence-corrected chi connectivity index (χ0v) is 12.4. The average molecular weight is 287 g/mol. The van der Waals surface area contributed by atoms with Gasteiger partial charge in [0.15, 0.2) is 0 Å². The van der Waals surface area contributed by atoms with Crippen LogP contribution in [0.1, 0.15) is 26.2 Å². The molecule has 1 fully saturated rings. The molecule has 0 aromatic rings. The zero-order chi connectivity index (χ0) is 14.4. The van der Waals surface area contributed by atoms with E-state index in [4.69, 9.17) is 4.74 Å². The molecule has 2 atom stereocenters. The molecule has 3 heterocycles. The van der Waals surface area contributed by atoms with Crippen LogP contribution in [0.3, 0.4) is 0 Å². The highest BCUT2D eigenvalue weighted by Crippen LogP contribution is 2.43. The van der Waals surface area contributed by atoms with Crippen LogP contribution in [-0.4, -0.2) is 49.6 Å².